The van der Waals surface area contributed by atoms with Gasteiger partial charge in [-0.05, 0) is 31.4 Å². The molecular formula is C11H14BrNO. The summed E-state index contributed by atoms with van der Waals surface area (Å²) in [6.07, 6.45) is 2.16. The number of nitrogens with two attached hydrogens (primary N) is 1. The van der Waals surface area contributed by atoms with Crippen molar-refractivity contribution in [2.24, 2.45) is 5.73 Å². The molecule has 1 fully saturated rings. The first-order valence-electron chi connectivity index (χ1n) is 4.79. The number of aromatic hydroxyl groups is 1. The van der Waals surface area contributed by atoms with E-state index in [1.807, 2.05) is 13.0 Å². The number of hydrogen-bond donors (Lipinski definition) is 2. The molecule has 2 rings (SSSR count). The maximum atomic E-state index is 9.84. The van der Waals surface area contributed by atoms with E-state index in [2.05, 4.69) is 15.9 Å². The monoisotopic (exact) mass is 255 g/mol. The van der Waals surface area contributed by atoms with E-state index in [4.69, 9.17) is 5.73 Å². The van der Waals surface area contributed by atoms with Crippen LogP contribution in [0.3, 0.4) is 0 Å². The molecule has 0 aromatic heterocycles. The highest BCUT2D eigenvalue weighted by Gasteiger charge is 2.46. The summed E-state index contributed by atoms with van der Waals surface area (Å²) in [6.45, 7) is 2.64. The summed E-state index contributed by atoms with van der Waals surface area (Å²) in [6, 6.07) is 3.67. The Morgan fingerprint density at radius 2 is 2.14 bits per heavy atom. The molecule has 3 N–H and O–H groups in total. The molecule has 1 aliphatic carbocycles. The standard InChI is InChI=1S/C11H14BrNO/c1-7-2-3-8(14)9(10(7)12)11(6-13)4-5-11/h2-3,14H,4-6,13H2,1H3. The molecule has 2 nitrogen and oxygen atoms in total. The van der Waals surface area contributed by atoms with Crippen molar-refractivity contribution in [2.75, 3.05) is 6.54 Å². The van der Waals surface area contributed by atoms with Gasteiger partial charge in [0, 0.05) is 22.0 Å². The molecule has 1 aliphatic rings. The lowest BCUT2D eigenvalue weighted by atomic mass is 9.94. The fourth-order valence-corrected chi connectivity index (χ4v) is 2.64. The van der Waals surface area contributed by atoms with Gasteiger partial charge in [0.2, 0.25) is 0 Å². The van der Waals surface area contributed by atoms with Gasteiger partial charge in [0.25, 0.3) is 0 Å². The number of phenolic OH excluding ortho intramolecular Hbond substituents is 1. The van der Waals surface area contributed by atoms with E-state index in [0.717, 1.165) is 28.4 Å². The SMILES string of the molecule is Cc1ccc(O)c(C2(CN)CC2)c1Br. The van der Waals surface area contributed by atoms with E-state index in [-0.39, 0.29) is 5.41 Å². The first-order chi connectivity index (χ1) is 6.60. The molecule has 0 atom stereocenters. The van der Waals surface area contributed by atoms with Crippen molar-refractivity contribution < 1.29 is 5.11 Å². The molecule has 0 unspecified atom stereocenters. The molecule has 14 heavy (non-hydrogen) atoms. The number of halogens is 1. The highest BCUT2D eigenvalue weighted by Crippen LogP contribution is 2.53. The number of aryl methyl sites for hydroxylation is 1. The van der Waals surface area contributed by atoms with E-state index in [9.17, 15) is 5.11 Å². The summed E-state index contributed by atoms with van der Waals surface area (Å²) in [7, 11) is 0. The molecule has 0 aliphatic heterocycles. The Bertz CT molecular complexity index is 372. The zero-order valence-corrected chi connectivity index (χ0v) is 9.76. The van der Waals surface area contributed by atoms with Gasteiger partial charge in [0.05, 0.1) is 0 Å². The van der Waals surface area contributed by atoms with Crippen LogP contribution in [0.5, 0.6) is 5.75 Å². The predicted octanol–water partition coefficient (Wildman–Crippen LogP) is 2.45. The lowest BCUT2D eigenvalue weighted by molar-refractivity contribution is 0.458. The first kappa shape index (κ1) is 9.99. The predicted molar refractivity (Wildman–Crippen MR) is 60.5 cm³/mol. The molecule has 0 spiro atoms. The number of rotatable bonds is 2. The van der Waals surface area contributed by atoms with E-state index < -0.39 is 0 Å². The Hall–Kier alpha value is -0.540. The summed E-state index contributed by atoms with van der Waals surface area (Å²) >= 11 is 3.53. The molecule has 0 radical (unpaired) electrons. The van der Waals surface area contributed by atoms with E-state index in [1.165, 1.54) is 0 Å². The minimum atomic E-state index is 0.0366. The molecule has 1 aromatic rings. The van der Waals surface area contributed by atoms with E-state index in [0.29, 0.717) is 12.3 Å². The number of benzene rings is 1. The Labute approximate surface area is 92.3 Å². The van der Waals surface area contributed by atoms with Crippen molar-refractivity contribution in [3.8, 4) is 5.75 Å². The van der Waals surface area contributed by atoms with Crippen molar-refractivity contribution in [3.05, 3.63) is 27.7 Å². The Morgan fingerprint density at radius 1 is 1.50 bits per heavy atom. The second-order valence-electron chi connectivity index (χ2n) is 4.08. The fourth-order valence-electron chi connectivity index (χ4n) is 1.88. The minimum absolute atomic E-state index is 0.0366. The Balaban J connectivity index is 2.57. The summed E-state index contributed by atoms with van der Waals surface area (Å²) in [5.74, 6) is 0.366. The average molecular weight is 256 g/mol. The third-order valence-corrected chi connectivity index (χ3v) is 4.11. The molecule has 0 heterocycles. The molecule has 3 heteroatoms. The first-order valence-corrected chi connectivity index (χ1v) is 5.59. The van der Waals surface area contributed by atoms with Crippen LogP contribution in [0, 0.1) is 6.92 Å². The normalized spacial score (nSPS) is 18.2. The molecular weight excluding hydrogens is 242 g/mol. The van der Waals surface area contributed by atoms with Crippen LogP contribution in [0.1, 0.15) is 24.0 Å². The molecule has 0 saturated heterocycles. The maximum absolute atomic E-state index is 9.84. The van der Waals surface area contributed by atoms with Gasteiger partial charge in [-0.25, -0.2) is 0 Å². The zero-order valence-electron chi connectivity index (χ0n) is 8.18. The summed E-state index contributed by atoms with van der Waals surface area (Å²) < 4.78 is 1.01. The van der Waals surface area contributed by atoms with Gasteiger partial charge in [-0.2, -0.15) is 0 Å². The summed E-state index contributed by atoms with van der Waals surface area (Å²) in [4.78, 5) is 0. The lowest BCUT2D eigenvalue weighted by Gasteiger charge is -2.17. The highest BCUT2D eigenvalue weighted by molar-refractivity contribution is 9.10. The van der Waals surface area contributed by atoms with Crippen LogP contribution in [-0.4, -0.2) is 11.7 Å². The van der Waals surface area contributed by atoms with Crippen LogP contribution in [0.2, 0.25) is 0 Å². The van der Waals surface area contributed by atoms with Crippen molar-refractivity contribution in [1.82, 2.24) is 0 Å². The van der Waals surface area contributed by atoms with Gasteiger partial charge in [-0.1, -0.05) is 22.0 Å². The molecule has 1 saturated carbocycles. The minimum Gasteiger partial charge on any atom is -0.508 e. The smallest absolute Gasteiger partial charge is 0.120 e. The van der Waals surface area contributed by atoms with Crippen LogP contribution in [0.15, 0.2) is 16.6 Å². The van der Waals surface area contributed by atoms with Gasteiger partial charge < -0.3 is 10.8 Å². The van der Waals surface area contributed by atoms with Crippen molar-refractivity contribution in [2.45, 2.75) is 25.2 Å². The lowest BCUT2D eigenvalue weighted by Crippen LogP contribution is -2.20. The van der Waals surface area contributed by atoms with Crippen LogP contribution in [0.25, 0.3) is 0 Å². The molecule has 0 bridgehead atoms. The molecule has 0 amide bonds. The Kier molecular flexibility index (Phi) is 2.32. The van der Waals surface area contributed by atoms with Gasteiger partial charge in [-0.15, -0.1) is 0 Å². The fraction of sp³-hybridized carbons (Fsp3) is 0.455. The van der Waals surface area contributed by atoms with Gasteiger partial charge in [0.1, 0.15) is 5.75 Å². The van der Waals surface area contributed by atoms with Gasteiger partial charge >= 0.3 is 0 Å². The van der Waals surface area contributed by atoms with Crippen molar-refractivity contribution in [1.29, 1.82) is 0 Å². The van der Waals surface area contributed by atoms with Crippen molar-refractivity contribution in [3.63, 3.8) is 0 Å². The van der Waals surface area contributed by atoms with Crippen molar-refractivity contribution >= 4 is 15.9 Å². The average Bonchev–Trinajstić information content (AvgIpc) is 2.93. The second-order valence-corrected chi connectivity index (χ2v) is 4.87. The third-order valence-electron chi connectivity index (χ3n) is 3.09. The van der Waals surface area contributed by atoms with E-state index in [1.54, 1.807) is 6.07 Å². The number of phenols is 1. The molecule has 76 valence electrons. The maximum Gasteiger partial charge on any atom is 0.120 e. The second kappa shape index (κ2) is 3.24. The van der Waals surface area contributed by atoms with Crippen LogP contribution in [-0.2, 0) is 5.41 Å². The van der Waals surface area contributed by atoms with Crippen LogP contribution < -0.4 is 5.73 Å². The Morgan fingerprint density at radius 3 is 2.64 bits per heavy atom. The quantitative estimate of drug-likeness (QED) is 0.853. The largest absolute Gasteiger partial charge is 0.508 e. The van der Waals surface area contributed by atoms with Crippen LogP contribution in [0.4, 0.5) is 0 Å². The summed E-state index contributed by atoms with van der Waals surface area (Å²) in [5.41, 5.74) is 7.94. The van der Waals surface area contributed by atoms with Gasteiger partial charge in [-0.3, -0.25) is 0 Å². The van der Waals surface area contributed by atoms with Gasteiger partial charge in [0.15, 0.2) is 0 Å². The number of hydrogen-bond acceptors (Lipinski definition) is 2. The topological polar surface area (TPSA) is 46.2 Å². The zero-order chi connectivity index (χ0) is 10.3. The summed E-state index contributed by atoms with van der Waals surface area (Å²) in [5, 5.41) is 9.84. The molecule has 1 aromatic carbocycles. The highest BCUT2D eigenvalue weighted by atomic mass is 79.9. The van der Waals surface area contributed by atoms with E-state index >= 15 is 0 Å². The third kappa shape index (κ3) is 1.35. The van der Waals surface area contributed by atoms with Crippen LogP contribution >= 0.6 is 15.9 Å².